The van der Waals surface area contributed by atoms with Gasteiger partial charge in [-0.1, -0.05) is 13.3 Å². The molecule has 4 heteroatoms. The van der Waals surface area contributed by atoms with E-state index in [0.29, 0.717) is 12.6 Å². The molecule has 0 radical (unpaired) electrons. The van der Waals surface area contributed by atoms with E-state index in [2.05, 4.69) is 34.2 Å². The molecule has 1 aromatic rings. The zero-order valence-corrected chi connectivity index (χ0v) is 15.0. The summed E-state index contributed by atoms with van der Waals surface area (Å²) in [6, 6.07) is 8.92. The SMILES string of the molecule is CCC1CCCCN1CC(=O)Nc1ccc(N2CCCCC2)cc1. The fourth-order valence-corrected chi connectivity index (χ4v) is 4.02. The summed E-state index contributed by atoms with van der Waals surface area (Å²) in [5, 5.41) is 3.06. The fourth-order valence-electron chi connectivity index (χ4n) is 4.02. The Hall–Kier alpha value is -1.55. The number of hydrogen-bond acceptors (Lipinski definition) is 3. The van der Waals surface area contributed by atoms with Crippen LogP contribution in [-0.2, 0) is 4.79 Å². The van der Waals surface area contributed by atoms with Gasteiger partial charge in [0, 0.05) is 30.5 Å². The van der Waals surface area contributed by atoms with Gasteiger partial charge in [0.05, 0.1) is 6.54 Å². The van der Waals surface area contributed by atoms with Gasteiger partial charge in [-0.25, -0.2) is 0 Å². The molecule has 1 N–H and O–H groups in total. The molecule has 3 rings (SSSR count). The van der Waals surface area contributed by atoms with Crippen LogP contribution in [0.3, 0.4) is 0 Å². The predicted octanol–water partition coefficient (Wildman–Crippen LogP) is 3.88. The maximum absolute atomic E-state index is 12.4. The number of likely N-dealkylation sites (tertiary alicyclic amines) is 1. The van der Waals surface area contributed by atoms with Gasteiger partial charge in [0.2, 0.25) is 5.91 Å². The van der Waals surface area contributed by atoms with E-state index in [1.54, 1.807) is 0 Å². The molecule has 1 aromatic carbocycles. The number of benzene rings is 1. The maximum Gasteiger partial charge on any atom is 0.238 e. The third-order valence-corrected chi connectivity index (χ3v) is 5.44. The first-order valence-electron chi connectivity index (χ1n) is 9.65. The summed E-state index contributed by atoms with van der Waals surface area (Å²) < 4.78 is 0. The van der Waals surface area contributed by atoms with E-state index in [1.807, 2.05) is 12.1 Å². The van der Waals surface area contributed by atoms with E-state index < -0.39 is 0 Å². The summed E-state index contributed by atoms with van der Waals surface area (Å²) >= 11 is 0. The first kappa shape index (κ1) is 17.3. The molecular formula is C20H31N3O. The van der Waals surface area contributed by atoms with Crippen molar-refractivity contribution in [1.29, 1.82) is 0 Å². The lowest BCUT2D eigenvalue weighted by atomic mass is 10.00. The van der Waals surface area contributed by atoms with Crippen molar-refractivity contribution in [3.63, 3.8) is 0 Å². The Balaban J connectivity index is 1.52. The Labute approximate surface area is 146 Å². The van der Waals surface area contributed by atoms with Crippen LogP contribution in [-0.4, -0.2) is 43.0 Å². The number of rotatable bonds is 5. The second-order valence-corrected chi connectivity index (χ2v) is 7.17. The van der Waals surface area contributed by atoms with E-state index >= 15 is 0 Å². The van der Waals surface area contributed by atoms with Crippen LogP contribution in [0.5, 0.6) is 0 Å². The zero-order chi connectivity index (χ0) is 16.8. The highest BCUT2D eigenvalue weighted by molar-refractivity contribution is 5.92. The Morgan fingerprint density at radius 3 is 2.46 bits per heavy atom. The number of nitrogens with one attached hydrogen (secondary N) is 1. The van der Waals surface area contributed by atoms with Crippen molar-refractivity contribution in [2.45, 2.75) is 57.9 Å². The molecule has 0 saturated carbocycles. The Bertz CT molecular complexity index is 522. The average Bonchev–Trinajstić information content (AvgIpc) is 2.63. The third kappa shape index (κ3) is 4.50. The highest BCUT2D eigenvalue weighted by Gasteiger charge is 2.22. The van der Waals surface area contributed by atoms with Crippen LogP contribution in [0.2, 0.25) is 0 Å². The average molecular weight is 329 g/mol. The molecule has 1 amide bonds. The first-order chi connectivity index (χ1) is 11.8. The molecule has 132 valence electrons. The minimum absolute atomic E-state index is 0.112. The molecule has 2 aliphatic heterocycles. The Morgan fingerprint density at radius 2 is 1.75 bits per heavy atom. The Kier molecular flexibility index (Phi) is 6.13. The number of nitrogens with zero attached hydrogens (tertiary/aromatic N) is 2. The van der Waals surface area contributed by atoms with Crippen molar-refractivity contribution in [2.75, 3.05) is 36.4 Å². The lowest BCUT2D eigenvalue weighted by molar-refractivity contribution is -0.118. The summed E-state index contributed by atoms with van der Waals surface area (Å²) in [6.07, 6.45) is 8.80. The molecule has 0 aromatic heterocycles. The van der Waals surface area contributed by atoms with Gasteiger partial charge in [-0.15, -0.1) is 0 Å². The smallest absolute Gasteiger partial charge is 0.238 e. The number of carbonyl (C=O) groups excluding carboxylic acids is 1. The van der Waals surface area contributed by atoms with Crippen molar-refractivity contribution in [3.8, 4) is 0 Å². The van der Waals surface area contributed by atoms with Crippen LogP contribution in [0.1, 0.15) is 51.9 Å². The van der Waals surface area contributed by atoms with Crippen LogP contribution in [0.4, 0.5) is 11.4 Å². The summed E-state index contributed by atoms with van der Waals surface area (Å²) in [6.45, 7) is 6.10. The number of piperidine rings is 2. The molecule has 24 heavy (non-hydrogen) atoms. The first-order valence-corrected chi connectivity index (χ1v) is 9.65. The van der Waals surface area contributed by atoms with Crippen molar-refractivity contribution < 1.29 is 4.79 Å². The fraction of sp³-hybridized carbons (Fsp3) is 0.650. The zero-order valence-electron chi connectivity index (χ0n) is 15.0. The lowest BCUT2D eigenvalue weighted by Gasteiger charge is -2.34. The second kappa shape index (κ2) is 8.52. The van der Waals surface area contributed by atoms with Crippen molar-refractivity contribution >= 4 is 17.3 Å². The molecule has 2 saturated heterocycles. The van der Waals surface area contributed by atoms with Gasteiger partial charge < -0.3 is 10.2 Å². The molecule has 1 unspecified atom stereocenters. The quantitative estimate of drug-likeness (QED) is 0.890. The summed E-state index contributed by atoms with van der Waals surface area (Å²) in [7, 11) is 0. The minimum atomic E-state index is 0.112. The van der Waals surface area contributed by atoms with Crippen molar-refractivity contribution in [1.82, 2.24) is 4.90 Å². The van der Waals surface area contributed by atoms with Gasteiger partial charge in [0.25, 0.3) is 0 Å². The third-order valence-electron chi connectivity index (χ3n) is 5.44. The maximum atomic E-state index is 12.4. The van der Waals surface area contributed by atoms with Gasteiger partial charge in [0.1, 0.15) is 0 Å². The molecule has 2 aliphatic rings. The number of carbonyl (C=O) groups is 1. The molecule has 0 bridgehead atoms. The van der Waals surface area contributed by atoms with E-state index in [1.165, 1.54) is 44.2 Å². The van der Waals surface area contributed by atoms with Crippen LogP contribution in [0.15, 0.2) is 24.3 Å². The van der Waals surface area contributed by atoms with Crippen LogP contribution in [0.25, 0.3) is 0 Å². The van der Waals surface area contributed by atoms with Crippen LogP contribution < -0.4 is 10.2 Å². The van der Waals surface area contributed by atoms with E-state index in [-0.39, 0.29) is 5.91 Å². The largest absolute Gasteiger partial charge is 0.372 e. The van der Waals surface area contributed by atoms with E-state index in [0.717, 1.165) is 31.7 Å². The molecule has 4 nitrogen and oxygen atoms in total. The van der Waals surface area contributed by atoms with E-state index in [4.69, 9.17) is 0 Å². The van der Waals surface area contributed by atoms with Crippen LogP contribution in [0, 0.1) is 0 Å². The van der Waals surface area contributed by atoms with Gasteiger partial charge >= 0.3 is 0 Å². The lowest BCUT2D eigenvalue weighted by Crippen LogP contribution is -2.43. The summed E-state index contributed by atoms with van der Waals surface area (Å²) in [4.78, 5) is 17.2. The van der Waals surface area contributed by atoms with Crippen molar-refractivity contribution in [2.24, 2.45) is 0 Å². The number of anilines is 2. The molecule has 0 spiro atoms. The number of hydrogen-bond donors (Lipinski definition) is 1. The number of amides is 1. The molecule has 2 heterocycles. The summed E-state index contributed by atoms with van der Waals surface area (Å²) in [5.41, 5.74) is 2.18. The van der Waals surface area contributed by atoms with Gasteiger partial charge in [-0.3, -0.25) is 9.69 Å². The minimum Gasteiger partial charge on any atom is -0.372 e. The van der Waals surface area contributed by atoms with Gasteiger partial charge in [-0.2, -0.15) is 0 Å². The highest BCUT2D eigenvalue weighted by atomic mass is 16.2. The van der Waals surface area contributed by atoms with Crippen LogP contribution >= 0.6 is 0 Å². The monoisotopic (exact) mass is 329 g/mol. The van der Waals surface area contributed by atoms with Gasteiger partial charge in [0.15, 0.2) is 0 Å². The van der Waals surface area contributed by atoms with Crippen molar-refractivity contribution in [3.05, 3.63) is 24.3 Å². The standard InChI is InChI=1S/C20H31N3O/c1-2-18-8-4-7-15-23(18)16-20(24)21-17-9-11-19(12-10-17)22-13-5-3-6-14-22/h9-12,18H,2-8,13-16H2,1H3,(H,21,24). The van der Waals surface area contributed by atoms with Gasteiger partial charge in [-0.05, 0) is 69.3 Å². The summed E-state index contributed by atoms with van der Waals surface area (Å²) in [5.74, 6) is 0.112. The van der Waals surface area contributed by atoms with E-state index in [9.17, 15) is 4.79 Å². The second-order valence-electron chi connectivity index (χ2n) is 7.17. The molecule has 1 atom stereocenters. The molecular weight excluding hydrogens is 298 g/mol. The highest BCUT2D eigenvalue weighted by Crippen LogP contribution is 2.22. The Morgan fingerprint density at radius 1 is 1.04 bits per heavy atom. The topological polar surface area (TPSA) is 35.6 Å². The molecule has 0 aliphatic carbocycles. The molecule has 2 fully saturated rings. The predicted molar refractivity (Wildman–Crippen MR) is 101 cm³/mol. The normalized spacial score (nSPS) is 22.4.